The summed E-state index contributed by atoms with van der Waals surface area (Å²) in [6.07, 6.45) is 7.12. The van der Waals surface area contributed by atoms with Gasteiger partial charge < -0.3 is 10.5 Å². The Hall–Kier alpha value is -0.400. The average molecular weight is 259 g/mol. The molecule has 3 nitrogen and oxygen atoms in total. The molecule has 0 aliphatic rings. The van der Waals surface area contributed by atoms with Gasteiger partial charge in [0, 0.05) is 12.5 Å². The first-order valence-corrected chi connectivity index (χ1v) is 7.26. The van der Waals surface area contributed by atoms with Crippen LogP contribution in [0, 0.1) is 0 Å². The first-order valence-electron chi connectivity index (χ1n) is 6.44. The van der Waals surface area contributed by atoms with Gasteiger partial charge in [-0.25, -0.2) is 0 Å². The van der Waals surface area contributed by atoms with Crippen LogP contribution in [0.2, 0.25) is 0 Å². The molecule has 4 heteroatoms. The molecular formula is C13H26NO2P. The third kappa shape index (κ3) is 9.31. The molecule has 0 aliphatic heterocycles. The Morgan fingerprint density at radius 1 is 1.47 bits per heavy atom. The minimum atomic E-state index is -0.107. The van der Waals surface area contributed by atoms with E-state index in [1.54, 1.807) is 0 Å². The van der Waals surface area contributed by atoms with Gasteiger partial charge in [0.1, 0.15) is 0 Å². The number of hydrogen-bond acceptors (Lipinski definition) is 3. The average Bonchev–Trinajstić information content (AvgIpc) is 2.33. The van der Waals surface area contributed by atoms with E-state index >= 15 is 0 Å². The molecule has 0 aromatic heterocycles. The predicted octanol–water partition coefficient (Wildman–Crippen LogP) is 2.65. The summed E-state index contributed by atoms with van der Waals surface area (Å²) in [4.78, 5) is 11.2. The van der Waals surface area contributed by atoms with Crippen molar-refractivity contribution in [3.63, 3.8) is 0 Å². The molecule has 0 bridgehead atoms. The van der Waals surface area contributed by atoms with Gasteiger partial charge >= 0.3 is 5.97 Å². The Morgan fingerprint density at radius 3 is 2.71 bits per heavy atom. The normalized spacial score (nSPS) is 13.5. The van der Waals surface area contributed by atoms with Crippen molar-refractivity contribution in [2.75, 3.05) is 12.8 Å². The topological polar surface area (TPSA) is 52.3 Å². The Morgan fingerprint density at radius 2 is 2.18 bits per heavy atom. The summed E-state index contributed by atoms with van der Waals surface area (Å²) in [6, 6.07) is 0.0597. The lowest BCUT2D eigenvalue weighted by atomic mass is 10.1. The number of allylic oxidation sites excluding steroid dienone is 1. The van der Waals surface area contributed by atoms with Gasteiger partial charge in [-0.3, -0.25) is 4.79 Å². The van der Waals surface area contributed by atoms with E-state index in [0.29, 0.717) is 13.0 Å². The second-order valence-corrected chi connectivity index (χ2v) is 4.57. The van der Waals surface area contributed by atoms with Crippen LogP contribution in [0.15, 0.2) is 11.6 Å². The third-order valence-corrected chi connectivity index (χ3v) is 3.08. The second-order valence-electron chi connectivity index (χ2n) is 4.16. The Balaban J connectivity index is 3.73. The standard InChI is InChI=1S/C13H26NO2P/c1-3-8-16-13(15)7-5-6-12(14)9-11(4-2)10-17/h9,12H,3-8,10,14,17H2,1-2H3. The smallest absolute Gasteiger partial charge is 0.305 e. The molecule has 0 spiro atoms. The van der Waals surface area contributed by atoms with E-state index in [1.807, 2.05) is 6.92 Å². The van der Waals surface area contributed by atoms with Crippen LogP contribution < -0.4 is 5.73 Å². The zero-order valence-electron chi connectivity index (χ0n) is 11.1. The number of ether oxygens (including phenoxy) is 1. The van der Waals surface area contributed by atoms with Crippen LogP contribution in [0.3, 0.4) is 0 Å². The highest BCUT2D eigenvalue weighted by atomic mass is 31.0. The second kappa shape index (κ2) is 10.7. The molecule has 0 fully saturated rings. The fourth-order valence-electron chi connectivity index (χ4n) is 1.49. The van der Waals surface area contributed by atoms with E-state index in [2.05, 4.69) is 22.2 Å². The van der Waals surface area contributed by atoms with Crippen molar-refractivity contribution in [3.8, 4) is 0 Å². The van der Waals surface area contributed by atoms with Gasteiger partial charge in [-0.1, -0.05) is 25.5 Å². The van der Waals surface area contributed by atoms with Crippen LogP contribution in [0.4, 0.5) is 0 Å². The molecule has 0 saturated heterocycles. The number of rotatable bonds is 9. The van der Waals surface area contributed by atoms with Crippen molar-refractivity contribution in [1.29, 1.82) is 0 Å². The van der Waals surface area contributed by atoms with Crippen LogP contribution in [-0.2, 0) is 9.53 Å². The summed E-state index contributed by atoms with van der Waals surface area (Å²) < 4.78 is 5.00. The Kier molecular flexibility index (Phi) is 10.5. The van der Waals surface area contributed by atoms with E-state index in [1.165, 1.54) is 5.57 Å². The van der Waals surface area contributed by atoms with E-state index in [0.717, 1.165) is 31.8 Å². The number of nitrogens with two attached hydrogens (primary N) is 1. The summed E-state index contributed by atoms with van der Waals surface area (Å²) in [7, 11) is 2.71. The predicted molar refractivity (Wildman–Crippen MR) is 76.0 cm³/mol. The lowest BCUT2D eigenvalue weighted by Gasteiger charge is -2.09. The Labute approximate surface area is 107 Å². The highest BCUT2D eigenvalue weighted by Gasteiger charge is 2.05. The molecule has 0 aromatic carbocycles. The van der Waals surface area contributed by atoms with E-state index < -0.39 is 0 Å². The summed E-state index contributed by atoms with van der Waals surface area (Å²) >= 11 is 0. The summed E-state index contributed by atoms with van der Waals surface area (Å²) in [6.45, 7) is 4.64. The van der Waals surface area contributed by atoms with Crippen LogP contribution in [0.5, 0.6) is 0 Å². The zero-order chi connectivity index (χ0) is 13.1. The van der Waals surface area contributed by atoms with Crippen molar-refractivity contribution in [2.24, 2.45) is 5.73 Å². The molecule has 100 valence electrons. The van der Waals surface area contributed by atoms with Gasteiger partial charge in [0.2, 0.25) is 0 Å². The lowest BCUT2D eigenvalue weighted by molar-refractivity contribution is -0.143. The SMILES string of the molecule is CCCOC(=O)CCCC(N)C=C(CC)CP. The van der Waals surface area contributed by atoms with Gasteiger partial charge in [-0.15, -0.1) is 9.24 Å². The molecule has 0 aromatic rings. The molecule has 0 rings (SSSR count). The van der Waals surface area contributed by atoms with Crippen LogP contribution in [0.25, 0.3) is 0 Å². The fraction of sp³-hybridized carbons (Fsp3) is 0.769. The van der Waals surface area contributed by atoms with E-state index in [4.69, 9.17) is 10.5 Å². The minimum Gasteiger partial charge on any atom is -0.466 e. The zero-order valence-corrected chi connectivity index (χ0v) is 12.2. The quantitative estimate of drug-likeness (QED) is 0.393. The van der Waals surface area contributed by atoms with Crippen LogP contribution >= 0.6 is 9.24 Å². The summed E-state index contributed by atoms with van der Waals surface area (Å²) in [5.74, 6) is -0.107. The molecule has 2 unspecified atom stereocenters. The molecule has 0 aliphatic carbocycles. The lowest BCUT2D eigenvalue weighted by Crippen LogP contribution is -2.18. The maximum atomic E-state index is 11.2. The third-order valence-electron chi connectivity index (χ3n) is 2.55. The summed E-state index contributed by atoms with van der Waals surface area (Å²) in [5, 5.41) is 0. The number of esters is 1. The molecule has 0 amide bonds. The first-order chi connectivity index (χ1) is 8.13. The maximum Gasteiger partial charge on any atom is 0.305 e. The summed E-state index contributed by atoms with van der Waals surface area (Å²) in [5.41, 5.74) is 7.33. The van der Waals surface area contributed by atoms with Gasteiger partial charge in [0.15, 0.2) is 0 Å². The number of hydrogen-bond donors (Lipinski definition) is 1. The molecule has 17 heavy (non-hydrogen) atoms. The highest BCUT2D eigenvalue weighted by molar-refractivity contribution is 7.16. The first kappa shape index (κ1) is 16.6. The molecule has 0 radical (unpaired) electrons. The van der Waals surface area contributed by atoms with Crippen LogP contribution in [-0.4, -0.2) is 24.8 Å². The van der Waals surface area contributed by atoms with Crippen LogP contribution in [0.1, 0.15) is 46.0 Å². The monoisotopic (exact) mass is 259 g/mol. The number of carbonyl (C=O) groups excluding carboxylic acids is 1. The molecule has 2 atom stereocenters. The fourth-order valence-corrected chi connectivity index (χ4v) is 1.91. The van der Waals surface area contributed by atoms with Crippen molar-refractivity contribution in [2.45, 2.75) is 52.0 Å². The van der Waals surface area contributed by atoms with Crippen molar-refractivity contribution in [3.05, 3.63) is 11.6 Å². The van der Waals surface area contributed by atoms with Gasteiger partial charge in [0.25, 0.3) is 0 Å². The molecule has 0 heterocycles. The van der Waals surface area contributed by atoms with E-state index in [9.17, 15) is 4.79 Å². The highest BCUT2D eigenvalue weighted by Crippen LogP contribution is 2.09. The number of carbonyl (C=O) groups is 1. The van der Waals surface area contributed by atoms with Gasteiger partial charge in [0.05, 0.1) is 6.61 Å². The minimum absolute atomic E-state index is 0.0597. The van der Waals surface area contributed by atoms with Crippen molar-refractivity contribution < 1.29 is 9.53 Å². The maximum absolute atomic E-state index is 11.2. The Bertz CT molecular complexity index is 236. The van der Waals surface area contributed by atoms with E-state index in [-0.39, 0.29) is 12.0 Å². The molecule has 0 saturated carbocycles. The van der Waals surface area contributed by atoms with Gasteiger partial charge in [-0.05, 0) is 31.8 Å². The molecular weight excluding hydrogens is 233 g/mol. The van der Waals surface area contributed by atoms with Crippen molar-refractivity contribution in [1.82, 2.24) is 0 Å². The van der Waals surface area contributed by atoms with Gasteiger partial charge in [-0.2, -0.15) is 0 Å². The molecule has 2 N–H and O–H groups in total. The van der Waals surface area contributed by atoms with Crippen molar-refractivity contribution >= 4 is 15.2 Å². The largest absolute Gasteiger partial charge is 0.466 e.